The molecule has 0 aliphatic heterocycles. The minimum atomic E-state index is 0.221. The monoisotopic (exact) mass is 415 g/mol. The van der Waals surface area contributed by atoms with Crippen LogP contribution >= 0.6 is 11.6 Å². The van der Waals surface area contributed by atoms with Gasteiger partial charge in [-0.15, -0.1) is 0 Å². The highest BCUT2D eigenvalue weighted by Gasteiger charge is 2.26. The van der Waals surface area contributed by atoms with E-state index in [1.165, 1.54) is 19.3 Å². The standard InChI is InChI=1S/C24H34ClN3O/c1-2-3-15-26-17-24(29)28(21-11-5-4-6-12-21)19-22-13-9-16-27(22)18-20-10-7-8-14-23(20)25/h7-10,13-14,16,21,26H,2-6,11-12,15,17-19H2,1H3. The molecule has 29 heavy (non-hydrogen) atoms. The van der Waals surface area contributed by atoms with Crippen LogP contribution in [-0.4, -0.2) is 34.5 Å². The van der Waals surface area contributed by atoms with E-state index in [0.717, 1.165) is 55.1 Å². The van der Waals surface area contributed by atoms with Crippen LogP contribution in [-0.2, 0) is 17.9 Å². The van der Waals surface area contributed by atoms with Crippen molar-refractivity contribution < 1.29 is 4.79 Å². The van der Waals surface area contributed by atoms with Crippen molar-refractivity contribution >= 4 is 17.5 Å². The predicted octanol–water partition coefficient (Wildman–Crippen LogP) is 5.24. The largest absolute Gasteiger partial charge is 0.345 e. The molecular weight excluding hydrogens is 382 g/mol. The number of amides is 1. The minimum absolute atomic E-state index is 0.221. The first-order valence-electron chi connectivity index (χ1n) is 11.1. The molecule has 1 aliphatic carbocycles. The second-order valence-corrected chi connectivity index (χ2v) is 8.47. The molecule has 1 saturated carbocycles. The molecule has 0 saturated heterocycles. The molecule has 0 atom stereocenters. The number of aromatic nitrogens is 1. The molecule has 1 aromatic carbocycles. The lowest BCUT2D eigenvalue weighted by atomic mass is 9.94. The fraction of sp³-hybridized carbons (Fsp3) is 0.542. The van der Waals surface area contributed by atoms with Crippen LogP contribution in [0.25, 0.3) is 0 Å². The van der Waals surface area contributed by atoms with E-state index in [-0.39, 0.29) is 5.91 Å². The fourth-order valence-electron chi connectivity index (χ4n) is 4.14. The van der Waals surface area contributed by atoms with Crippen molar-refractivity contribution in [1.82, 2.24) is 14.8 Å². The average molecular weight is 416 g/mol. The van der Waals surface area contributed by atoms with Crippen molar-refractivity contribution in [2.75, 3.05) is 13.1 Å². The Labute approximate surface area is 180 Å². The summed E-state index contributed by atoms with van der Waals surface area (Å²) in [5.41, 5.74) is 2.26. The van der Waals surface area contributed by atoms with E-state index >= 15 is 0 Å². The summed E-state index contributed by atoms with van der Waals surface area (Å²) in [7, 11) is 0. The zero-order valence-electron chi connectivity index (χ0n) is 17.6. The summed E-state index contributed by atoms with van der Waals surface area (Å²) in [6, 6.07) is 12.5. The summed E-state index contributed by atoms with van der Waals surface area (Å²) in [5, 5.41) is 4.12. The summed E-state index contributed by atoms with van der Waals surface area (Å²) in [6.45, 7) is 4.90. The van der Waals surface area contributed by atoms with Gasteiger partial charge in [-0.2, -0.15) is 0 Å². The zero-order chi connectivity index (χ0) is 20.5. The first-order valence-corrected chi connectivity index (χ1v) is 11.4. The third-order valence-corrected chi connectivity index (χ3v) is 6.24. The van der Waals surface area contributed by atoms with Gasteiger partial charge in [0.05, 0.1) is 13.1 Å². The molecule has 0 radical (unpaired) electrons. The van der Waals surface area contributed by atoms with Gasteiger partial charge in [-0.25, -0.2) is 0 Å². The second kappa shape index (κ2) is 11.4. The van der Waals surface area contributed by atoms with E-state index in [1.807, 2.05) is 18.2 Å². The number of nitrogens with one attached hydrogen (secondary N) is 1. The summed E-state index contributed by atoms with van der Waals surface area (Å²) in [5.74, 6) is 0.221. The van der Waals surface area contributed by atoms with Gasteiger partial charge in [0, 0.05) is 29.5 Å². The van der Waals surface area contributed by atoms with Crippen molar-refractivity contribution in [3.63, 3.8) is 0 Å². The van der Waals surface area contributed by atoms with Gasteiger partial charge >= 0.3 is 0 Å². The normalized spacial score (nSPS) is 14.8. The maximum Gasteiger partial charge on any atom is 0.237 e. The Morgan fingerprint density at radius 3 is 2.72 bits per heavy atom. The first kappa shape index (κ1) is 21.9. The Kier molecular flexibility index (Phi) is 8.63. The van der Waals surface area contributed by atoms with Crippen molar-refractivity contribution in [1.29, 1.82) is 0 Å². The Morgan fingerprint density at radius 1 is 1.17 bits per heavy atom. The van der Waals surface area contributed by atoms with E-state index in [1.54, 1.807) is 0 Å². The Bertz CT molecular complexity index is 767. The van der Waals surface area contributed by atoms with Gasteiger partial charge in [-0.05, 0) is 49.6 Å². The summed E-state index contributed by atoms with van der Waals surface area (Å²) in [4.78, 5) is 15.2. The maximum absolute atomic E-state index is 13.1. The van der Waals surface area contributed by atoms with Crippen LogP contribution in [0.3, 0.4) is 0 Å². The van der Waals surface area contributed by atoms with Gasteiger partial charge < -0.3 is 14.8 Å². The molecule has 2 aromatic rings. The van der Waals surface area contributed by atoms with E-state index in [2.05, 4.69) is 46.1 Å². The topological polar surface area (TPSA) is 37.3 Å². The molecule has 1 N–H and O–H groups in total. The fourth-order valence-corrected chi connectivity index (χ4v) is 4.34. The van der Waals surface area contributed by atoms with Crippen LogP contribution in [0.15, 0.2) is 42.6 Å². The van der Waals surface area contributed by atoms with Gasteiger partial charge in [0.25, 0.3) is 0 Å². The number of unbranched alkanes of at least 4 members (excludes halogenated alkanes) is 1. The molecule has 1 fully saturated rings. The van der Waals surface area contributed by atoms with Crippen LogP contribution in [0.1, 0.15) is 63.1 Å². The molecule has 1 heterocycles. The minimum Gasteiger partial charge on any atom is -0.345 e. The quantitative estimate of drug-likeness (QED) is 0.538. The summed E-state index contributed by atoms with van der Waals surface area (Å²) < 4.78 is 2.22. The summed E-state index contributed by atoms with van der Waals surface area (Å²) >= 11 is 6.37. The molecule has 3 rings (SSSR count). The van der Waals surface area contributed by atoms with Gasteiger partial charge in [-0.3, -0.25) is 4.79 Å². The highest BCUT2D eigenvalue weighted by Crippen LogP contribution is 2.25. The summed E-state index contributed by atoms with van der Waals surface area (Å²) in [6.07, 6.45) is 10.3. The average Bonchev–Trinajstić information content (AvgIpc) is 3.18. The molecule has 1 aromatic heterocycles. The number of benzene rings is 1. The molecule has 1 amide bonds. The zero-order valence-corrected chi connectivity index (χ0v) is 18.3. The lowest BCUT2D eigenvalue weighted by molar-refractivity contribution is -0.134. The number of hydrogen-bond acceptors (Lipinski definition) is 2. The van der Waals surface area contributed by atoms with Gasteiger partial charge in [0.1, 0.15) is 0 Å². The second-order valence-electron chi connectivity index (χ2n) is 8.06. The highest BCUT2D eigenvalue weighted by molar-refractivity contribution is 6.31. The van der Waals surface area contributed by atoms with E-state index < -0.39 is 0 Å². The number of nitrogens with zero attached hydrogens (tertiary/aromatic N) is 2. The molecule has 0 spiro atoms. The highest BCUT2D eigenvalue weighted by atomic mass is 35.5. The number of carbonyl (C=O) groups excluding carboxylic acids is 1. The molecule has 1 aliphatic rings. The SMILES string of the molecule is CCCCNCC(=O)N(Cc1cccn1Cc1ccccc1Cl)C1CCCCC1. The third kappa shape index (κ3) is 6.35. The Balaban J connectivity index is 1.71. The van der Waals surface area contributed by atoms with Crippen molar-refractivity contribution in [3.8, 4) is 0 Å². The van der Waals surface area contributed by atoms with Crippen LogP contribution in [0.5, 0.6) is 0 Å². The predicted molar refractivity (Wildman–Crippen MR) is 120 cm³/mol. The van der Waals surface area contributed by atoms with Crippen LogP contribution < -0.4 is 5.32 Å². The van der Waals surface area contributed by atoms with Crippen LogP contribution in [0.4, 0.5) is 0 Å². The van der Waals surface area contributed by atoms with Crippen molar-refractivity contribution in [2.45, 2.75) is 71.0 Å². The van der Waals surface area contributed by atoms with E-state index in [0.29, 0.717) is 19.1 Å². The lowest BCUT2D eigenvalue weighted by Crippen LogP contribution is -2.45. The van der Waals surface area contributed by atoms with Gasteiger partial charge in [0.15, 0.2) is 0 Å². The maximum atomic E-state index is 13.1. The Hall–Kier alpha value is -1.78. The third-order valence-electron chi connectivity index (χ3n) is 5.87. The number of rotatable bonds is 10. The number of carbonyl (C=O) groups is 1. The molecule has 0 bridgehead atoms. The van der Waals surface area contributed by atoms with Crippen molar-refractivity contribution in [3.05, 3.63) is 58.9 Å². The van der Waals surface area contributed by atoms with Crippen LogP contribution in [0, 0.1) is 0 Å². The van der Waals surface area contributed by atoms with Crippen molar-refractivity contribution in [2.24, 2.45) is 0 Å². The number of hydrogen-bond donors (Lipinski definition) is 1. The Morgan fingerprint density at radius 2 is 1.97 bits per heavy atom. The molecule has 5 heteroatoms. The molecule has 4 nitrogen and oxygen atoms in total. The number of halogens is 1. The lowest BCUT2D eigenvalue weighted by Gasteiger charge is -2.35. The first-order chi connectivity index (χ1) is 14.2. The van der Waals surface area contributed by atoms with Crippen LogP contribution in [0.2, 0.25) is 5.02 Å². The van der Waals surface area contributed by atoms with Gasteiger partial charge in [0.2, 0.25) is 5.91 Å². The van der Waals surface area contributed by atoms with Gasteiger partial charge in [-0.1, -0.05) is 62.4 Å². The van der Waals surface area contributed by atoms with E-state index in [4.69, 9.17) is 11.6 Å². The molecule has 158 valence electrons. The smallest absolute Gasteiger partial charge is 0.237 e. The van der Waals surface area contributed by atoms with E-state index in [9.17, 15) is 4.79 Å². The molecule has 0 unspecified atom stereocenters. The molecular formula is C24H34ClN3O.